The summed E-state index contributed by atoms with van der Waals surface area (Å²) in [6.07, 6.45) is 1.01. The molecule has 3 amide bonds. The molecule has 2 atom stereocenters. The number of imide groups is 1. The number of ether oxygens (including phenoxy) is 1. The van der Waals surface area contributed by atoms with Crippen LogP contribution in [-0.2, 0) is 9.59 Å². The minimum absolute atomic E-state index is 0.268. The van der Waals surface area contributed by atoms with Crippen LogP contribution in [0.2, 0.25) is 0 Å². The van der Waals surface area contributed by atoms with E-state index in [0.717, 1.165) is 22.2 Å². The predicted octanol–water partition coefficient (Wildman–Crippen LogP) is 1.32. The summed E-state index contributed by atoms with van der Waals surface area (Å²) < 4.78 is 5.08. The first-order chi connectivity index (χ1) is 12.5. The third kappa shape index (κ3) is 4.22. The molecule has 2 N–H and O–H groups in total. The molecular formula is C17H18N2O5S2. The number of carbonyl (C=O) groups excluding carboxylic acids is 3. The van der Waals surface area contributed by atoms with Crippen LogP contribution < -0.4 is 10.1 Å². The van der Waals surface area contributed by atoms with Crippen molar-refractivity contribution in [1.29, 1.82) is 0 Å². The fourth-order valence-electron chi connectivity index (χ4n) is 2.56. The molecule has 0 spiro atoms. The van der Waals surface area contributed by atoms with Crippen molar-refractivity contribution in [2.24, 2.45) is 0 Å². The lowest BCUT2D eigenvalue weighted by molar-refractivity contribution is -0.129. The molecule has 0 aliphatic carbocycles. The second kappa shape index (κ2) is 8.15. The average molecular weight is 394 g/mol. The van der Waals surface area contributed by atoms with Gasteiger partial charge >= 0.3 is 0 Å². The maximum Gasteiger partial charge on any atom is 0.294 e. The van der Waals surface area contributed by atoms with Gasteiger partial charge in [-0.3, -0.25) is 19.3 Å². The second-order valence-corrected chi connectivity index (χ2v) is 7.89. The molecule has 2 fully saturated rings. The molecule has 3 rings (SSSR count). The van der Waals surface area contributed by atoms with Crippen molar-refractivity contribution in [3.05, 3.63) is 34.7 Å². The van der Waals surface area contributed by atoms with E-state index >= 15 is 0 Å². The van der Waals surface area contributed by atoms with Crippen molar-refractivity contribution in [3.63, 3.8) is 0 Å². The molecule has 2 heterocycles. The Morgan fingerprint density at radius 3 is 2.69 bits per heavy atom. The Kier molecular flexibility index (Phi) is 5.90. The van der Waals surface area contributed by atoms with Gasteiger partial charge in [0.05, 0.1) is 24.2 Å². The molecule has 0 saturated carbocycles. The van der Waals surface area contributed by atoms with Crippen LogP contribution in [0.3, 0.4) is 0 Å². The molecule has 0 radical (unpaired) electrons. The number of thioether (sulfide) groups is 2. The van der Waals surface area contributed by atoms with Gasteiger partial charge in [0, 0.05) is 11.5 Å². The van der Waals surface area contributed by atoms with Gasteiger partial charge in [0.15, 0.2) is 0 Å². The smallest absolute Gasteiger partial charge is 0.294 e. The average Bonchev–Trinajstić information content (AvgIpc) is 3.14. The van der Waals surface area contributed by atoms with Gasteiger partial charge in [-0.05, 0) is 35.5 Å². The van der Waals surface area contributed by atoms with E-state index in [1.54, 1.807) is 49.2 Å². The first kappa shape index (κ1) is 18.8. The topological polar surface area (TPSA) is 95.9 Å². The molecular weight excluding hydrogens is 376 g/mol. The highest BCUT2D eigenvalue weighted by atomic mass is 32.2. The highest BCUT2D eigenvalue weighted by molar-refractivity contribution is 8.18. The lowest BCUT2D eigenvalue weighted by Gasteiger charge is -2.18. The van der Waals surface area contributed by atoms with E-state index in [4.69, 9.17) is 4.74 Å². The molecule has 2 saturated heterocycles. The Morgan fingerprint density at radius 2 is 2.08 bits per heavy atom. The number of aliphatic hydroxyl groups is 1. The zero-order chi connectivity index (χ0) is 18.7. The van der Waals surface area contributed by atoms with Crippen LogP contribution in [0, 0.1) is 0 Å². The molecule has 0 aromatic heterocycles. The number of hydrogen-bond donors (Lipinski definition) is 2. The van der Waals surface area contributed by atoms with E-state index < -0.39 is 23.2 Å². The van der Waals surface area contributed by atoms with E-state index in [9.17, 15) is 19.5 Å². The number of rotatable bonds is 5. The summed E-state index contributed by atoms with van der Waals surface area (Å²) in [5.41, 5.74) is 0.756. The number of benzene rings is 1. The summed E-state index contributed by atoms with van der Waals surface area (Å²) in [6, 6.07) is 6.72. The van der Waals surface area contributed by atoms with Crippen molar-refractivity contribution < 1.29 is 24.2 Å². The van der Waals surface area contributed by atoms with Gasteiger partial charge in [-0.25, -0.2) is 0 Å². The summed E-state index contributed by atoms with van der Waals surface area (Å²) in [7, 11) is 1.56. The molecule has 1 aromatic rings. The van der Waals surface area contributed by atoms with Gasteiger partial charge in [0.25, 0.3) is 11.1 Å². The van der Waals surface area contributed by atoms with Crippen LogP contribution >= 0.6 is 23.5 Å². The summed E-state index contributed by atoms with van der Waals surface area (Å²) >= 11 is 2.35. The van der Waals surface area contributed by atoms with Crippen molar-refractivity contribution >= 4 is 46.7 Å². The predicted molar refractivity (Wildman–Crippen MR) is 101 cm³/mol. The van der Waals surface area contributed by atoms with Crippen molar-refractivity contribution in [2.45, 2.75) is 12.1 Å². The molecule has 1 aromatic carbocycles. The van der Waals surface area contributed by atoms with Crippen LogP contribution in [0.4, 0.5) is 4.79 Å². The van der Waals surface area contributed by atoms with Crippen LogP contribution in [-0.4, -0.2) is 64.4 Å². The van der Waals surface area contributed by atoms with Crippen molar-refractivity contribution in [1.82, 2.24) is 10.2 Å². The van der Waals surface area contributed by atoms with Gasteiger partial charge < -0.3 is 15.2 Å². The molecule has 2 aliphatic rings. The Morgan fingerprint density at radius 1 is 1.35 bits per heavy atom. The van der Waals surface area contributed by atoms with E-state index in [1.807, 2.05) is 0 Å². The molecule has 7 nitrogen and oxygen atoms in total. The lowest BCUT2D eigenvalue weighted by Crippen LogP contribution is -2.47. The number of nitrogens with zero attached hydrogens (tertiary/aromatic N) is 1. The standard InChI is InChI=1S/C17H18N2O5S2/c1-24-11-4-2-10(3-5-11)6-14-16(22)19(17(23)26-14)7-15(21)18-12-8-25-9-13(12)20/h2-6,12-13,20H,7-9H2,1H3,(H,18,21)/b14-6-/t12-,13+/m1/s1. The normalized spacial score (nSPS) is 24.4. The van der Waals surface area contributed by atoms with Crippen molar-refractivity contribution in [3.8, 4) is 5.75 Å². The number of methoxy groups -OCH3 is 1. The van der Waals surface area contributed by atoms with Gasteiger partial charge in [-0.15, -0.1) is 0 Å². The summed E-state index contributed by atoms with van der Waals surface area (Å²) in [6.45, 7) is -0.349. The van der Waals surface area contributed by atoms with Gasteiger partial charge in [0.1, 0.15) is 12.3 Å². The Balaban J connectivity index is 1.64. The Hall–Kier alpha value is -1.97. The zero-order valence-electron chi connectivity index (χ0n) is 14.0. The second-order valence-electron chi connectivity index (χ2n) is 5.82. The third-order valence-electron chi connectivity index (χ3n) is 3.99. The first-order valence-corrected chi connectivity index (χ1v) is 9.89. The molecule has 26 heavy (non-hydrogen) atoms. The van der Waals surface area contributed by atoms with E-state index in [2.05, 4.69) is 5.32 Å². The van der Waals surface area contributed by atoms with Crippen molar-refractivity contribution in [2.75, 3.05) is 25.2 Å². The summed E-state index contributed by atoms with van der Waals surface area (Å²) in [5, 5.41) is 11.9. The largest absolute Gasteiger partial charge is 0.497 e. The maximum absolute atomic E-state index is 12.4. The molecule has 0 unspecified atom stereocenters. The number of amides is 3. The van der Waals surface area contributed by atoms with Gasteiger partial charge in [-0.2, -0.15) is 11.8 Å². The maximum atomic E-state index is 12.4. The van der Waals surface area contributed by atoms with Crippen LogP contribution in [0.25, 0.3) is 6.08 Å². The SMILES string of the molecule is COc1ccc(/C=C2\SC(=O)N(CC(=O)N[C@@H]3CSC[C@@H]3O)C2=O)cc1. The molecule has 138 valence electrons. The lowest BCUT2D eigenvalue weighted by atomic mass is 10.2. The Bertz CT molecular complexity index is 750. The fourth-order valence-corrected chi connectivity index (χ4v) is 4.57. The van der Waals surface area contributed by atoms with E-state index in [1.165, 1.54) is 0 Å². The summed E-state index contributed by atoms with van der Waals surface area (Å²) in [5.74, 6) is 0.930. The Labute approximate surface area is 159 Å². The zero-order valence-corrected chi connectivity index (χ0v) is 15.6. The number of hydrogen-bond acceptors (Lipinski definition) is 7. The highest BCUT2D eigenvalue weighted by Gasteiger charge is 2.37. The highest BCUT2D eigenvalue weighted by Crippen LogP contribution is 2.32. The van der Waals surface area contributed by atoms with Crippen LogP contribution in [0.5, 0.6) is 5.75 Å². The quantitative estimate of drug-likeness (QED) is 0.727. The fraction of sp³-hybridized carbons (Fsp3) is 0.353. The van der Waals surface area contributed by atoms with Gasteiger partial charge in [-0.1, -0.05) is 12.1 Å². The monoisotopic (exact) mass is 394 g/mol. The minimum atomic E-state index is -0.603. The molecule has 0 bridgehead atoms. The molecule has 2 aliphatic heterocycles. The van der Waals surface area contributed by atoms with E-state index in [0.29, 0.717) is 17.3 Å². The third-order valence-corrected chi connectivity index (χ3v) is 6.07. The van der Waals surface area contributed by atoms with Gasteiger partial charge in [0.2, 0.25) is 5.91 Å². The molecule has 9 heteroatoms. The minimum Gasteiger partial charge on any atom is -0.497 e. The number of aliphatic hydroxyl groups excluding tert-OH is 1. The van der Waals surface area contributed by atoms with Crippen LogP contribution in [0.15, 0.2) is 29.2 Å². The van der Waals surface area contributed by atoms with E-state index in [-0.39, 0.29) is 17.5 Å². The first-order valence-electron chi connectivity index (χ1n) is 7.92. The number of nitrogens with one attached hydrogen (secondary N) is 1. The van der Waals surface area contributed by atoms with Crippen LogP contribution in [0.1, 0.15) is 5.56 Å². The number of carbonyl (C=O) groups is 3. The summed E-state index contributed by atoms with van der Waals surface area (Å²) in [4.78, 5) is 37.8.